The van der Waals surface area contributed by atoms with Gasteiger partial charge < -0.3 is 5.32 Å². The zero-order chi connectivity index (χ0) is 15.3. The van der Waals surface area contributed by atoms with Crippen molar-refractivity contribution in [2.24, 2.45) is 5.41 Å². The molecule has 1 fully saturated rings. The van der Waals surface area contributed by atoms with Crippen LogP contribution in [0, 0.1) is 28.4 Å². The van der Waals surface area contributed by atoms with Gasteiger partial charge in [-0.15, -0.1) is 0 Å². The molecule has 0 bridgehead atoms. The normalized spacial score (nSPS) is 17.6. The molecule has 1 N–H and O–H groups in total. The summed E-state index contributed by atoms with van der Waals surface area (Å²) in [4.78, 5) is 12.3. The highest BCUT2D eigenvalue weighted by Crippen LogP contribution is 2.34. The Morgan fingerprint density at radius 2 is 1.90 bits per heavy atom. The topological polar surface area (TPSA) is 52.9 Å². The van der Waals surface area contributed by atoms with Crippen molar-refractivity contribution in [1.82, 2.24) is 5.32 Å². The van der Waals surface area contributed by atoms with Crippen LogP contribution < -0.4 is 5.32 Å². The van der Waals surface area contributed by atoms with Gasteiger partial charge in [0, 0.05) is 18.2 Å². The van der Waals surface area contributed by atoms with Crippen molar-refractivity contribution in [3.8, 4) is 6.07 Å². The number of nitrogens with zero attached hydrogens (tertiary/aromatic N) is 1. The highest BCUT2D eigenvalue weighted by Gasteiger charge is 2.38. The number of hydrogen-bond donors (Lipinski definition) is 1. The molecule has 0 aromatic heterocycles. The van der Waals surface area contributed by atoms with Gasteiger partial charge in [0.15, 0.2) is 0 Å². The summed E-state index contributed by atoms with van der Waals surface area (Å²) in [5.74, 6) is -1.70. The molecule has 0 saturated heterocycles. The molecule has 112 valence electrons. The highest BCUT2D eigenvalue weighted by atomic mass is 19.1. The molecule has 0 radical (unpaired) electrons. The Labute approximate surface area is 123 Å². The van der Waals surface area contributed by atoms with Gasteiger partial charge in [0.1, 0.15) is 17.0 Å². The molecule has 3 nitrogen and oxygen atoms in total. The van der Waals surface area contributed by atoms with Crippen LogP contribution in [-0.4, -0.2) is 5.91 Å². The predicted octanol–water partition coefficient (Wildman–Crippen LogP) is 3.45. The van der Waals surface area contributed by atoms with Crippen LogP contribution in [0.2, 0.25) is 0 Å². The summed E-state index contributed by atoms with van der Waals surface area (Å²) in [5.41, 5.74) is -0.793. The molecule has 0 spiro atoms. The molecule has 0 atom stereocenters. The second-order valence-corrected chi connectivity index (χ2v) is 5.53. The lowest BCUT2D eigenvalue weighted by Crippen LogP contribution is -2.39. The molecule has 1 aromatic rings. The fourth-order valence-electron chi connectivity index (χ4n) is 2.73. The summed E-state index contributed by atoms with van der Waals surface area (Å²) < 4.78 is 26.4. The molecule has 5 heteroatoms. The lowest BCUT2D eigenvalue weighted by molar-refractivity contribution is -0.129. The Balaban J connectivity index is 2.04. The van der Waals surface area contributed by atoms with Crippen LogP contribution in [0.5, 0.6) is 0 Å². The van der Waals surface area contributed by atoms with Crippen LogP contribution in [0.3, 0.4) is 0 Å². The van der Waals surface area contributed by atoms with Crippen LogP contribution >= 0.6 is 0 Å². The molecule has 21 heavy (non-hydrogen) atoms. The average molecular weight is 292 g/mol. The van der Waals surface area contributed by atoms with Gasteiger partial charge in [0.25, 0.3) is 0 Å². The van der Waals surface area contributed by atoms with E-state index in [4.69, 9.17) is 0 Å². The van der Waals surface area contributed by atoms with Gasteiger partial charge in [-0.2, -0.15) is 5.26 Å². The van der Waals surface area contributed by atoms with Crippen LogP contribution in [-0.2, 0) is 11.3 Å². The van der Waals surface area contributed by atoms with Gasteiger partial charge in [-0.05, 0) is 18.9 Å². The van der Waals surface area contributed by atoms with Crippen molar-refractivity contribution in [3.63, 3.8) is 0 Å². The fraction of sp³-hybridized carbons (Fsp3) is 0.500. The Morgan fingerprint density at radius 3 is 2.48 bits per heavy atom. The van der Waals surface area contributed by atoms with E-state index in [0.29, 0.717) is 12.8 Å². The molecule has 1 saturated carbocycles. The minimum atomic E-state index is -1.01. The SMILES string of the molecule is N#CC1(C(=O)NCc2ccc(F)cc2F)CCCCCC1. The van der Waals surface area contributed by atoms with E-state index in [9.17, 15) is 18.8 Å². The van der Waals surface area contributed by atoms with E-state index in [1.54, 1.807) is 0 Å². The number of benzene rings is 1. The number of amides is 1. The van der Waals surface area contributed by atoms with Crippen LogP contribution in [0.15, 0.2) is 18.2 Å². The van der Waals surface area contributed by atoms with Crippen LogP contribution in [0.1, 0.15) is 44.1 Å². The molecule has 0 heterocycles. The third-order valence-electron chi connectivity index (χ3n) is 4.06. The fourth-order valence-corrected chi connectivity index (χ4v) is 2.73. The van der Waals surface area contributed by atoms with Crippen molar-refractivity contribution in [2.75, 3.05) is 0 Å². The summed E-state index contributed by atoms with van der Waals surface area (Å²) in [6.07, 6.45) is 4.85. The van der Waals surface area contributed by atoms with Crippen LogP contribution in [0.25, 0.3) is 0 Å². The standard InChI is InChI=1S/C16H18F2N2O/c17-13-6-5-12(14(18)9-13)10-20-15(21)16(11-19)7-3-1-2-4-8-16/h5-6,9H,1-4,7-8,10H2,(H,20,21). The van der Waals surface area contributed by atoms with Gasteiger partial charge in [0.05, 0.1) is 6.07 Å². The smallest absolute Gasteiger partial charge is 0.240 e. The Kier molecular flexibility index (Phi) is 4.89. The maximum Gasteiger partial charge on any atom is 0.240 e. The van der Waals surface area contributed by atoms with E-state index in [1.807, 2.05) is 0 Å². The minimum absolute atomic E-state index is 0.0334. The van der Waals surface area contributed by atoms with E-state index in [0.717, 1.165) is 37.8 Å². The number of nitrogens with one attached hydrogen (secondary N) is 1. The van der Waals surface area contributed by atoms with E-state index >= 15 is 0 Å². The first kappa shape index (κ1) is 15.4. The van der Waals surface area contributed by atoms with E-state index in [-0.39, 0.29) is 18.0 Å². The van der Waals surface area contributed by atoms with E-state index in [1.165, 1.54) is 6.07 Å². The molecular formula is C16H18F2N2O. The van der Waals surface area contributed by atoms with Gasteiger partial charge in [-0.3, -0.25) is 4.79 Å². The molecule has 0 unspecified atom stereocenters. The number of halogens is 2. The third kappa shape index (κ3) is 3.57. The molecule has 1 aliphatic rings. The lowest BCUT2D eigenvalue weighted by Gasteiger charge is -2.23. The summed E-state index contributed by atoms with van der Waals surface area (Å²) in [6.45, 7) is -0.0334. The third-order valence-corrected chi connectivity index (χ3v) is 4.06. The van der Waals surface area contributed by atoms with Crippen molar-refractivity contribution in [2.45, 2.75) is 45.1 Å². The van der Waals surface area contributed by atoms with Crippen LogP contribution in [0.4, 0.5) is 8.78 Å². The summed E-state index contributed by atoms with van der Waals surface area (Å²) in [5, 5.41) is 12.0. The second kappa shape index (κ2) is 6.66. The predicted molar refractivity (Wildman–Crippen MR) is 74.0 cm³/mol. The summed E-state index contributed by atoms with van der Waals surface area (Å²) in [7, 11) is 0. The zero-order valence-corrected chi connectivity index (χ0v) is 11.8. The first-order chi connectivity index (χ1) is 10.1. The quantitative estimate of drug-likeness (QED) is 0.868. The Hall–Kier alpha value is -1.96. The maximum atomic E-state index is 13.5. The Bertz CT molecular complexity index is 558. The van der Waals surface area contributed by atoms with Crippen molar-refractivity contribution < 1.29 is 13.6 Å². The summed E-state index contributed by atoms with van der Waals surface area (Å²) >= 11 is 0. The molecule has 1 amide bonds. The van der Waals surface area contributed by atoms with Crippen molar-refractivity contribution in [3.05, 3.63) is 35.4 Å². The van der Waals surface area contributed by atoms with Crippen molar-refractivity contribution in [1.29, 1.82) is 5.26 Å². The second-order valence-electron chi connectivity index (χ2n) is 5.53. The largest absolute Gasteiger partial charge is 0.351 e. The van der Waals surface area contributed by atoms with Gasteiger partial charge in [0.2, 0.25) is 5.91 Å². The molecule has 2 rings (SSSR count). The maximum absolute atomic E-state index is 13.5. The first-order valence-corrected chi connectivity index (χ1v) is 7.21. The number of nitriles is 1. The lowest BCUT2D eigenvalue weighted by atomic mass is 9.81. The van der Waals surface area contributed by atoms with Gasteiger partial charge >= 0.3 is 0 Å². The summed E-state index contributed by atoms with van der Waals surface area (Å²) in [6, 6.07) is 5.39. The highest BCUT2D eigenvalue weighted by molar-refractivity contribution is 5.85. The monoisotopic (exact) mass is 292 g/mol. The minimum Gasteiger partial charge on any atom is -0.351 e. The van der Waals surface area contributed by atoms with Crippen molar-refractivity contribution >= 4 is 5.91 Å². The van der Waals surface area contributed by atoms with Gasteiger partial charge in [-0.1, -0.05) is 31.7 Å². The number of carbonyl (C=O) groups is 1. The molecule has 1 aromatic carbocycles. The van der Waals surface area contributed by atoms with E-state index < -0.39 is 17.0 Å². The number of hydrogen-bond acceptors (Lipinski definition) is 2. The Morgan fingerprint density at radius 1 is 1.24 bits per heavy atom. The molecular weight excluding hydrogens is 274 g/mol. The molecule has 1 aliphatic carbocycles. The van der Waals surface area contributed by atoms with Gasteiger partial charge in [-0.25, -0.2) is 8.78 Å². The zero-order valence-electron chi connectivity index (χ0n) is 11.8. The average Bonchev–Trinajstić information content (AvgIpc) is 2.72. The van der Waals surface area contributed by atoms with E-state index in [2.05, 4.69) is 11.4 Å². The first-order valence-electron chi connectivity index (χ1n) is 7.21. The number of carbonyl (C=O) groups excluding carboxylic acids is 1. The molecule has 0 aliphatic heterocycles. The number of rotatable bonds is 3.